The van der Waals surface area contributed by atoms with Gasteiger partial charge in [-0.3, -0.25) is 4.52 Å². The second-order valence-electron chi connectivity index (χ2n) is 2.15. The standard InChI is InChI=1S/C4H10O9P2/c5-3-1-2-4(6)12-15(10,11)13-14(7,8)9/h1-2,4-6H,3H2,(H,10,11)(H2,7,8,9). The average molecular weight is 264 g/mol. The van der Waals surface area contributed by atoms with Crippen LogP contribution in [0.2, 0.25) is 0 Å². The van der Waals surface area contributed by atoms with Crippen LogP contribution in [-0.2, 0) is 18.0 Å². The fourth-order valence-electron chi connectivity index (χ4n) is 0.503. The van der Waals surface area contributed by atoms with Gasteiger partial charge in [0, 0.05) is 0 Å². The first-order valence-electron chi connectivity index (χ1n) is 3.40. The number of hydrogen-bond acceptors (Lipinski definition) is 6. The van der Waals surface area contributed by atoms with Crippen molar-refractivity contribution in [1.29, 1.82) is 0 Å². The van der Waals surface area contributed by atoms with Crippen molar-refractivity contribution in [2.24, 2.45) is 0 Å². The third kappa shape index (κ3) is 8.88. The molecule has 0 aliphatic carbocycles. The number of phosphoric acid groups is 2. The Bertz CT molecular complexity index is 305. The van der Waals surface area contributed by atoms with Gasteiger partial charge in [-0.25, -0.2) is 9.13 Å². The molecule has 2 unspecified atom stereocenters. The minimum absolute atomic E-state index is 0.449. The molecule has 0 bridgehead atoms. The molecule has 5 N–H and O–H groups in total. The van der Waals surface area contributed by atoms with Gasteiger partial charge in [-0.15, -0.1) is 0 Å². The van der Waals surface area contributed by atoms with E-state index in [0.29, 0.717) is 0 Å². The summed E-state index contributed by atoms with van der Waals surface area (Å²) in [6.07, 6.45) is -0.159. The third-order valence-electron chi connectivity index (χ3n) is 0.857. The predicted molar refractivity (Wildman–Crippen MR) is 46.3 cm³/mol. The van der Waals surface area contributed by atoms with Crippen molar-refractivity contribution in [2.45, 2.75) is 6.29 Å². The fourth-order valence-corrected chi connectivity index (χ4v) is 2.08. The second kappa shape index (κ2) is 5.86. The zero-order valence-corrected chi connectivity index (χ0v) is 8.99. The van der Waals surface area contributed by atoms with Crippen molar-refractivity contribution in [3.8, 4) is 0 Å². The van der Waals surface area contributed by atoms with Gasteiger partial charge in [0.15, 0.2) is 6.29 Å². The first kappa shape index (κ1) is 14.9. The van der Waals surface area contributed by atoms with Gasteiger partial charge in [-0.1, -0.05) is 6.08 Å². The van der Waals surface area contributed by atoms with Crippen LogP contribution in [0.5, 0.6) is 0 Å². The molecule has 0 heterocycles. The molecule has 0 aromatic carbocycles. The molecule has 0 aliphatic rings. The smallest absolute Gasteiger partial charge is 0.392 e. The van der Waals surface area contributed by atoms with E-state index < -0.39 is 28.5 Å². The van der Waals surface area contributed by atoms with Gasteiger partial charge in [0.2, 0.25) is 0 Å². The zero-order valence-electron chi connectivity index (χ0n) is 7.20. The molecule has 0 saturated heterocycles. The molecule has 2 atom stereocenters. The summed E-state index contributed by atoms with van der Waals surface area (Å²) in [6, 6.07) is 0. The summed E-state index contributed by atoms with van der Waals surface area (Å²) in [7, 11) is -10.2. The summed E-state index contributed by atoms with van der Waals surface area (Å²) in [6.45, 7) is -0.449. The maximum absolute atomic E-state index is 10.8. The highest BCUT2D eigenvalue weighted by atomic mass is 31.3. The number of aliphatic hydroxyl groups excluding tert-OH is 2. The van der Waals surface area contributed by atoms with Crippen molar-refractivity contribution in [3.63, 3.8) is 0 Å². The zero-order chi connectivity index (χ0) is 12.1. The molecule has 0 saturated carbocycles. The van der Waals surface area contributed by atoms with E-state index >= 15 is 0 Å². The van der Waals surface area contributed by atoms with Gasteiger partial charge in [0.25, 0.3) is 0 Å². The molecule has 0 aromatic rings. The Morgan fingerprint density at radius 1 is 1.27 bits per heavy atom. The van der Waals surface area contributed by atoms with E-state index in [1.54, 1.807) is 0 Å². The minimum Gasteiger partial charge on any atom is -0.392 e. The molecular formula is C4H10O9P2. The Kier molecular flexibility index (Phi) is 5.82. The van der Waals surface area contributed by atoms with E-state index in [4.69, 9.17) is 24.9 Å². The lowest BCUT2D eigenvalue weighted by molar-refractivity contribution is 0.00132. The minimum atomic E-state index is -5.19. The summed E-state index contributed by atoms with van der Waals surface area (Å²) in [5.41, 5.74) is 0. The summed E-state index contributed by atoms with van der Waals surface area (Å²) >= 11 is 0. The van der Waals surface area contributed by atoms with Gasteiger partial charge >= 0.3 is 15.6 Å². The van der Waals surface area contributed by atoms with Gasteiger partial charge in [0.05, 0.1) is 6.61 Å². The highest BCUT2D eigenvalue weighted by molar-refractivity contribution is 7.60. The van der Waals surface area contributed by atoms with Gasteiger partial charge in [0.1, 0.15) is 0 Å². The van der Waals surface area contributed by atoms with Crippen LogP contribution in [0.4, 0.5) is 0 Å². The molecule has 0 fully saturated rings. The molecule has 0 aliphatic heterocycles. The summed E-state index contributed by atoms with van der Waals surface area (Å²) < 4.78 is 28.2. The lowest BCUT2D eigenvalue weighted by Crippen LogP contribution is -2.07. The highest BCUT2D eigenvalue weighted by Crippen LogP contribution is 2.57. The molecule has 0 radical (unpaired) electrons. The molecule has 0 spiro atoms. The Morgan fingerprint density at radius 2 is 1.80 bits per heavy atom. The first-order valence-corrected chi connectivity index (χ1v) is 6.42. The Balaban J connectivity index is 4.32. The molecule has 90 valence electrons. The third-order valence-corrected chi connectivity index (χ3v) is 3.02. The Morgan fingerprint density at radius 3 is 2.20 bits per heavy atom. The van der Waals surface area contributed by atoms with E-state index in [9.17, 15) is 9.13 Å². The number of rotatable bonds is 6. The molecular weight excluding hydrogens is 254 g/mol. The van der Waals surface area contributed by atoms with Crippen LogP contribution in [-0.4, -0.2) is 37.8 Å². The number of aliphatic hydroxyl groups is 2. The van der Waals surface area contributed by atoms with Crippen LogP contribution in [0.15, 0.2) is 12.2 Å². The molecule has 11 heteroatoms. The maximum Gasteiger partial charge on any atom is 0.483 e. The second-order valence-corrected chi connectivity index (χ2v) is 4.93. The van der Waals surface area contributed by atoms with E-state index in [2.05, 4.69) is 8.83 Å². The van der Waals surface area contributed by atoms with Crippen LogP contribution in [0, 0.1) is 0 Å². The maximum atomic E-state index is 10.8. The highest BCUT2D eigenvalue weighted by Gasteiger charge is 2.33. The predicted octanol–water partition coefficient (Wildman–Crippen LogP) is -0.920. The summed E-state index contributed by atoms with van der Waals surface area (Å²) in [5.74, 6) is 0. The van der Waals surface area contributed by atoms with E-state index in [0.717, 1.165) is 12.2 Å². The number of phosphoric ester groups is 1. The SMILES string of the molecule is O=P(O)(O)OP(=O)(O)OC(O)C=CCO. The van der Waals surface area contributed by atoms with Gasteiger partial charge < -0.3 is 24.9 Å². The largest absolute Gasteiger partial charge is 0.483 e. The quantitative estimate of drug-likeness (QED) is 0.232. The lowest BCUT2D eigenvalue weighted by atomic mass is 10.5. The summed E-state index contributed by atoms with van der Waals surface area (Å²) in [5, 5.41) is 17.1. The van der Waals surface area contributed by atoms with E-state index in [1.165, 1.54) is 0 Å². The monoisotopic (exact) mass is 264 g/mol. The van der Waals surface area contributed by atoms with E-state index in [-0.39, 0.29) is 0 Å². The van der Waals surface area contributed by atoms with Crippen molar-refractivity contribution in [3.05, 3.63) is 12.2 Å². The topological polar surface area (TPSA) is 154 Å². The van der Waals surface area contributed by atoms with Crippen LogP contribution in [0.1, 0.15) is 0 Å². The van der Waals surface area contributed by atoms with Crippen molar-refractivity contribution < 1.29 is 42.9 Å². The lowest BCUT2D eigenvalue weighted by Gasteiger charge is -2.14. The molecule has 15 heavy (non-hydrogen) atoms. The fraction of sp³-hybridized carbons (Fsp3) is 0.500. The van der Waals surface area contributed by atoms with Crippen LogP contribution < -0.4 is 0 Å². The first-order chi connectivity index (χ1) is 6.66. The van der Waals surface area contributed by atoms with Crippen molar-refractivity contribution in [2.75, 3.05) is 6.61 Å². The van der Waals surface area contributed by atoms with Crippen molar-refractivity contribution >= 4 is 15.6 Å². The number of hydrogen-bond donors (Lipinski definition) is 5. The van der Waals surface area contributed by atoms with Crippen LogP contribution in [0.3, 0.4) is 0 Å². The Hall–Kier alpha value is -0.0800. The molecule has 0 aromatic heterocycles. The average Bonchev–Trinajstić information content (AvgIpc) is 1.94. The van der Waals surface area contributed by atoms with Gasteiger partial charge in [-0.05, 0) is 6.08 Å². The molecule has 9 nitrogen and oxygen atoms in total. The molecule has 0 amide bonds. The Labute approximate surface area is 84.4 Å². The molecule has 0 rings (SSSR count). The normalized spacial score (nSPS) is 19.0. The van der Waals surface area contributed by atoms with Crippen molar-refractivity contribution in [1.82, 2.24) is 0 Å². The van der Waals surface area contributed by atoms with Crippen LogP contribution >= 0.6 is 15.6 Å². The van der Waals surface area contributed by atoms with E-state index in [1.807, 2.05) is 0 Å². The summed E-state index contributed by atoms with van der Waals surface area (Å²) in [4.78, 5) is 25.0. The van der Waals surface area contributed by atoms with Gasteiger partial charge in [-0.2, -0.15) is 4.31 Å². The van der Waals surface area contributed by atoms with Crippen LogP contribution in [0.25, 0.3) is 0 Å².